The van der Waals surface area contributed by atoms with Gasteiger partial charge in [0, 0.05) is 35.9 Å². The van der Waals surface area contributed by atoms with Crippen LogP contribution in [0, 0.1) is 0 Å². The zero-order valence-electron chi connectivity index (χ0n) is 18.7. The summed E-state index contributed by atoms with van der Waals surface area (Å²) in [5, 5.41) is 9.67. The predicted molar refractivity (Wildman–Crippen MR) is 122 cm³/mol. The molecule has 1 aliphatic heterocycles. The molecule has 0 saturated heterocycles. The van der Waals surface area contributed by atoms with Crippen LogP contribution in [0.15, 0.2) is 48.7 Å². The third-order valence-corrected chi connectivity index (χ3v) is 5.42. The number of urea groups is 1. The van der Waals surface area contributed by atoms with Crippen LogP contribution in [0.2, 0.25) is 0 Å². The van der Waals surface area contributed by atoms with Crippen LogP contribution in [-0.4, -0.2) is 22.5 Å². The molecule has 7 nitrogen and oxygen atoms in total. The number of anilines is 2. The Morgan fingerprint density at radius 3 is 2.59 bits per heavy atom. The molecule has 0 bridgehead atoms. The maximum atomic E-state index is 13.2. The zero-order valence-corrected chi connectivity index (χ0v) is 18.7. The van der Waals surface area contributed by atoms with Crippen molar-refractivity contribution < 1.29 is 27.5 Å². The van der Waals surface area contributed by atoms with E-state index in [1.165, 1.54) is 13.0 Å². The van der Waals surface area contributed by atoms with E-state index in [0.717, 1.165) is 17.5 Å². The molecule has 2 aromatic carbocycles. The second-order valence-electron chi connectivity index (χ2n) is 8.74. The van der Waals surface area contributed by atoms with E-state index in [0.29, 0.717) is 28.9 Å². The fourth-order valence-electron chi connectivity index (χ4n) is 4.00. The maximum absolute atomic E-state index is 13.2. The number of pyridine rings is 1. The Morgan fingerprint density at radius 2 is 1.88 bits per heavy atom. The molecule has 3 aromatic rings. The number of aromatic nitrogens is 1. The topological polar surface area (TPSA) is 92.4 Å². The molecular formula is C24H23F3N4O3. The van der Waals surface area contributed by atoms with Crippen molar-refractivity contribution in [2.45, 2.75) is 45.0 Å². The third kappa shape index (κ3) is 5.05. The van der Waals surface area contributed by atoms with Crippen molar-refractivity contribution in [2.75, 3.05) is 10.6 Å². The molecule has 3 amide bonds. The van der Waals surface area contributed by atoms with Crippen molar-refractivity contribution in [3.63, 3.8) is 0 Å². The molecule has 2 heterocycles. The van der Waals surface area contributed by atoms with Crippen LogP contribution in [0.4, 0.5) is 29.5 Å². The normalized spacial score (nSPS) is 16.8. The molecule has 10 heteroatoms. The molecule has 0 radical (unpaired) electrons. The number of nitrogens with zero attached hydrogens (tertiary/aromatic N) is 1. The Morgan fingerprint density at radius 1 is 1.12 bits per heavy atom. The van der Waals surface area contributed by atoms with E-state index < -0.39 is 29.4 Å². The van der Waals surface area contributed by atoms with E-state index in [1.54, 1.807) is 38.2 Å². The first-order chi connectivity index (χ1) is 15.9. The minimum Gasteiger partial charge on any atom is -0.487 e. The number of halogens is 3. The number of nitrogens with one attached hydrogen (secondary N) is 3. The van der Waals surface area contributed by atoms with E-state index in [2.05, 4.69) is 20.9 Å². The first-order valence-electron chi connectivity index (χ1n) is 10.6. The van der Waals surface area contributed by atoms with E-state index in [4.69, 9.17) is 4.74 Å². The maximum Gasteiger partial charge on any atom is 0.416 e. The van der Waals surface area contributed by atoms with Gasteiger partial charge in [-0.25, -0.2) is 9.78 Å². The Kier molecular flexibility index (Phi) is 5.84. The lowest BCUT2D eigenvalue weighted by atomic mass is 9.89. The lowest BCUT2D eigenvalue weighted by molar-refractivity contribution is -0.137. The van der Waals surface area contributed by atoms with E-state index >= 15 is 0 Å². The molecule has 1 atom stereocenters. The van der Waals surface area contributed by atoms with Gasteiger partial charge in [0.05, 0.1) is 17.3 Å². The molecule has 0 saturated carbocycles. The number of alkyl halides is 3. The van der Waals surface area contributed by atoms with E-state index in [9.17, 15) is 22.8 Å². The monoisotopic (exact) mass is 472 g/mol. The SMILES string of the molecule is CC(=O)Nc1cc2c(NC(=O)N[C@@H]3CC(C)(C)Oc4cc(C(F)(F)F)ccc43)cccc2cn1. The molecule has 0 aliphatic carbocycles. The van der Waals surface area contributed by atoms with Crippen LogP contribution in [0.5, 0.6) is 5.75 Å². The molecule has 0 unspecified atom stereocenters. The number of fused-ring (bicyclic) bond motifs is 2. The fraction of sp³-hybridized carbons (Fsp3) is 0.292. The number of hydrogen-bond acceptors (Lipinski definition) is 4. The number of amides is 3. The summed E-state index contributed by atoms with van der Waals surface area (Å²) in [6.45, 7) is 4.88. The molecule has 0 spiro atoms. The number of ether oxygens (including phenoxy) is 1. The van der Waals surface area contributed by atoms with Gasteiger partial charge < -0.3 is 20.7 Å². The van der Waals surface area contributed by atoms with Crippen molar-refractivity contribution in [2.24, 2.45) is 0 Å². The Hall–Kier alpha value is -3.82. The summed E-state index contributed by atoms with van der Waals surface area (Å²) >= 11 is 0. The van der Waals surface area contributed by atoms with Gasteiger partial charge in [-0.15, -0.1) is 0 Å². The lowest BCUT2D eigenvalue weighted by Gasteiger charge is -2.38. The van der Waals surface area contributed by atoms with Gasteiger partial charge in [0.25, 0.3) is 0 Å². The number of benzene rings is 2. The Bertz CT molecular complexity index is 1270. The second kappa shape index (κ2) is 8.51. The quantitative estimate of drug-likeness (QED) is 0.460. The largest absolute Gasteiger partial charge is 0.487 e. The van der Waals surface area contributed by atoms with Gasteiger partial charge in [0.15, 0.2) is 0 Å². The highest BCUT2D eigenvalue weighted by Crippen LogP contribution is 2.42. The second-order valence-corrected chi connectivity index (χ2v) is 8.74. The van der Waals surface area contributed by atoms with Crippen LogP contribution in [0.3, 0.4) is 0 Å². The highest BCUT2D eigenvalue weighted by Gasteiger charge is 2.37. The first kappa shape index (κ1) is 23.3. The Balaban J connectivity index is 1.59. The smallest absolute Gasteiger partial charge is 0.416 e. The van der Waals surface area contributed by atoms with Crippen LogP contribution in [-0.2, 0) is 11.0 Å². The molecule has 178 valence electrons. The number of carbonyl (C=O) groups is 2. The number of hydrogen-bond donors (Lipinski definition) is 3. The van der Waals surface area contributed by atoms with Gasteiger partial charge in [-0.05, 0) is 38.1 Å². The summed E-state index contributed by atoms with van der Waals surface area (Å²) in [6.07, 6.45) is -2.55. The number of rotatable bonds is 3. The van der Waals surface area contributed by atoms with Gasteiger partial charge in [0.1, 0.15) is 17.2 Å². The van der Waals surface area contributed by atoms with Crippen molar-refractivity contribution in [1.82, 2.24) is 10.3 Å². The van der Waals surface area contributed by atoms with E-state index in [-0.39, 0.29) is 11.7 Å². The predicted octanol–water partition coefficient (Wildman–Crippen LogP) is 5.64. The summed E-state index contributed by atoms with van der Waals surface area (Å²) in [7, 11) is 0. The average Bonchev–Trinajstić information content (AvgIpc) is 2.72. The van der Waals surface area contributed by atoms with Crippen LogP contribution in [0.25, 0.3) is 10.8 Å². The Labute approximate surface area is 193 Å². The molecule has 1 aliphatic rings. The third-order valence-electron chi connectivity index (χ3n) is 5.42. The highest BCUT2D eigenvalue weighted by molar-refractivity contribution is 6.03. The van der Waals surface area contributed by atoms with Crippen molar-refractivity contribution in [3.05, 3.63) is 59.8 Å². The summed E-state index contributed by atoms with van der Waals surface area (Å²) in [4.78, 5) is 28.4. The molecule has 34 heavy (non-hydrogen) atoms. The summed E-state index contributed by atoms with van der Waals surface area (Å²) in [6, 6.07) is 9.11. The van der Waals surface area contributed by atoms with Crippen LogP contribution < -0.4 is 20.7 Å². The first-order valence-corrected chi connectivity index (χ1v) is 10.6. The highest BCUT2D eigenvalue weighted by atomic mass is 19.4. The molecule has 1 aromatic heterocycles. The average molecular weight is 472 g/mol. The van der Waals surface area contributed by atoms with Gasteiger partial charge in [-0.2, -0.15) is 13.2 Å². The van der Waals surface area contributed by atoms with Gasteiger partial charge in [-0.1, -0.05) is 18.2 Å². The fourth-order valence-corrected chi connectivity index (χ4v) is 4.00. The van der Waals surface area contributed by atoms with Crippen LogP contribution >= 0.6 is 0 Å². The molecule has 0 fully saturated rings. The van der Waals surface area contributed by atoms with Gasteiger partial charge in [0.2, 0.25) is 5.91 Å². The summed E-state index contributed by atoms with van der Waals surface area (Å²) in [5.41, 5.74) is -0.639. The summed E-state index contributed by atoms with van der Waals surface area (Å²) < 4.78 is 45.3. The molecule has 3 N–H and O–H groups in total. The van der Waals surface area contributed by atoms with Crippen molar-refractivity contribution >= 4 is 34.2 Å². The van der Waals surface area contributed by atoms with Crippen molar-refractivity contribution in [3.8, 4) is 5.75 Å². The summed E-state index contributed by atoms with van der Waals surface area (Å²) in [5.74, 6) is 0.160. The van der Waals surface area contributed by atoms with Gasteiger partial charge >= 0.3 is 12.2 Å². The number of carbonyl (C=O) groups excluding carboxylic acids is 2. The minimum absolute atomic E-state index is 0.0903. The standard InChI is InChI=1S/C24H23F3N4O3/c1-13(32)29-21-10-17-14(12-28-21)5-4-6-18(17)30-22(33)31-19-11-23(2,3)34-20-9-15(24(25,26)27)7-8-16(19)20/h4-10,12,19H,11H2,1-3H3,(H,28,29,32)(H2,30,31,33)/t19-/m1/s1. The van der Waals surface area contributed by atoms with Crippen LogP contribution in [0.1, 0.15) is 44.4 Å². The van der Waals surface area contributed by atoms with Crippen molar-refractivity contribution in [1.29, 1.82) is 0 Å². The van der Waals surface area contributed by atoms with E-state index in [1.807, 2.05) is 6.07 Å². The van der Waals surface area contributed by atoms with Gasteiger partial charge in [-0.3, -0.25) is 4.79 Å². The lowest BCUT2D eigenvalue weighted by Crippen LogP contribution is -2.42. The molecular weight excluding hydrogens is 449 g/mol. The minimum atomic E-state index is -4.50. The zero-order chi connectivity index (χ0) is 24.7. The molecule has 4 rings (SSSR count).